The Kier molecular flexibility index (Phi) is 3.45. The molecule has 0 atom stereocenters. The molecule has 87 valence electrons. The third-order valence-corrected chi connectivity index (χ3v) is 2.66. The molecule has 0 amide bonds. The SMILES string of the molecule is CN(C)Cc1ccc(-c2cc[c]cc2N)cc1. The molecule has 2 N–H and O–H groups in total. The maximum Gasteiger partial charge on any atom is 0.0399 e. The lowest BCUT2D eigenvalue weighted by Gasteiger charge is -2.10. The smallest absolute Gasteiger partial charge is 0.0399 e. The van der Waals surface area contributed by atoms with Gasteiger partial charge in [-0.25, -0.2) is 0 Å². The highest BCUT2D eigenvalue weighted by molar-refractivity contribution is 5.75. The Hall–Kier alpha value is -1.80. The van der Waals surface area contributed by atoms with Crippen molar-refractivity contribution in [3.63, 3.8) is 0 Å². The van der Waals surface area contributed by atoms with Crippen molar-refractivity contribution >= 4 is 5.69 Å². The van der Waals surface area contributed by atoms with E-state index in [1.807, 2.05) is 18.2 Å². The highest BCUT2D eigenvalue weighted by Crippen LogP contribution is 2.25. The van der Waals surface area contributed by atoms with Gasteiger partial charge in [0.1, 0.15) is 0 Å². The highest BCUT2D eigenvalue weighted by Gasteiger charge is 2.02. The number of anilines is 1. The minimum Gasteiger partial charge on any atom is -0.398 e. The molecule has 0 aliphatic rings. The zero-order valence-corrected chi connectivity index (χ0v) is 10.3. The molecule has 0 fully saturated rings. The van der Waals surface area contributed by atoms with Crippen LogP contribution in [0.25, 0.3) is 11.1 Å². The van der Waals surface area contributed by atoms with E-state index in [1.165, 1.54) is 5.56 Å². The molecule has 0 saturated heterocycles. The monoisotopic (exact) mass is 225 g/mol. The number of nitrogen functional groups attached to an aromatic ring is 1. The number of nitrogens with two attached hydrogens (primary N) is 1. The summed E-state index contributed by atoms with van der Waals surface area (Å²) in [5.74, 6) is 0. The van der Waals surface area contributed by atoms with Crippen molar-refractivity contribution in [3.8, 4) is 11.1 Å². The summed E-state index contributed by atoms with van der Waals surface area (Å²) in [6.45, 7) is 0.957. The third kappa shape index (κ3) is 2.86. The van der Waals surface area contributed by atoms with E-state index in [9.17, 15) is 0 Å². The summed E-state index contributed by atoms with van der Waals surface area (Å²) in [6, 6.07) is 17.2. The van der Waals surface area contributed by atoms with Crippen LogP contribution in [0.4, 0.5) is 5.69 Å². The number of hydrogen-bond acceptors (Lipinski definition) is 2. The quantitative estimate of drug-likeness (QED) is 0.814. The second-order valence-electron chi connectivity index (χ2n) is 4.45. The largest absolute Gasteiger partial charge is 0.398 e. The van der Waals surface area contributed by atoms with E-state index in [1.54, 1.807) is 0 Å². The first-order chi connectivity index (χ1) is 8.16. The van der Waals surface area contributed by atoms with Gasteiger partial charge >= 0.3 is 0 Å². The van der Waals surface area contributed by atoms with Gasteiger partial charge in [0.25, 0.3) is 0 Å². The predicted octanol–water partition coefficient (Wildman–Crippen LogP) is 2.80. The Balaban J connectivity index is 2.27. The van der Waals surface area contributed by atoms with Crippen LogP contribution in [0, 0.1) is 6.07 Å². The lowest BCUT2D eigenvalue weighted by atomic mass is 10.0. The molecule has 0 aromatic heterocycles. The Labute approximate surface area is 103 Å². The van der Waals surface area contributed by atoms with Crippen LogP contribution in [0.2, 0.25) is 0 Å². The van der Waals surface area contributed by atoms with E-state index in [2.05, 4.69) is 49.3 Å². The van der Waals surface area contributed by atoms with Crippen LogP contribution in [-0.2, 0) is 6.54 Å². The van der Waals surface area contributed by atoms with Crippen LogP contribution < -0.4 is 5.73 Å². The molecule has 2 nitrogen and oxygen atoms in total. The van der Waals surface area contributed by atoms with Crippen LogP contribution >= 0.6 is 0 Å². The molecule has 2 rings (SSSR count). The van der Waals surface area contributed by atoms with Crippen molar-refractivity contribution in [2.45, 2.75) is 6.54 Å². The maximum atomic E-state index is 5.93. The lowest BCUT2D eigenvalue weighted by molar-refractivity contribution is 0.402. The summed E-state index contributed by atoms with van der Waals surface area (Å²) in [5.41, 5.74) is 10.2. The molecule has 2 aromatic rings. The van der Waals surface area contributed by atoms with Gasteiger partial charge in [0.15, 0.2) is 0 Å². The van der Waals surface area contributed by atoms with E-state index in [0.717, 1.165) is 23.4 Å². The zero-order valence-electron chi connectivity index (χ0n) is 10.3. The van der Waals surface area contributed by atoms with E-state index >= 15 is 0 Å². The standard InChI is InChI=1S/C15H17N2/c1-17(2)11-12-7-9-13(10-8-12)14-5-3-4-6-15(14)16/h3,5-10H,11,16H2,1-2H3. The summed E-state index contributed by atoms with van der Waals surface area (Å²) in [5, 5.41) is 0. The molecule has 0 spiro atoms. The molecular formula is C15H17N2. The van der Waals surface area contributed by atoms with Crippen LogP contribution in [0.15, 0.2) is 42.5 Å². The zero-order chi connectivity index (χ0) is 12.3. The molecule has 0 unspecified atom stereocenters. The average molecular weight is 225 g/mol. The minimum absolute atomic E-state index is 0.771. The van der Waals surface area contributed by atoms with Gasteiger partial charge < -0.3 is 10.6 Å². The fraction of sp³-hybridized carbons (Fsp3) is 0.200. The van der Waals surface area contributed by atoms with Crippen LogP contribution in [0.3, 0.4) is 0 Å². The van der Waals surface area contributed by atoms with Crippen LogP contribution in [0.5, 0.6) is 0 Å². The Morgan fingerprint density at radius 1 is 1.12 bits per heavy atom. The molecule has 0 aliphatic carbocycles. The molecular weight excluding hydrogens is 208 g/mol. The van der Waals surface area contributed by atoms with Gasteiger partial charge in [-0.1, -0.05) is 36.4 Å². The van der Waals surface area contributed by atoms with Gasteiger partial charge in [-0.3, -0.25) is 0 Å². The molecule has 2 heteroatoms. The number of rotatable bonds is 3. The minimum atomic E-state index is 0.771. The fourth-order valence-electron chi connectivity index (χ4n) is 1.86. The Morgan fingerprint density at radius 3 is 2.41 bits per heavy atom. The number of benzene rings is 2. The van der Waals surface area contributed by atoms with Crippen molar-refractivity contribution in [3.05, 3.63) is 54.1 Å². The van der Waals surface area contributed by atoms with Crippen molar-refractivity contribution < 1.29 is 0 Å². The predicted molar refractivity (Wildman–Crippen MR) is 72.5 cm³/mol. The molecule has 17 heavy (non-hydrogen) atoms. The van der Waals surface area contributed by atoms with Crippen molar-refractivity contribution in [2.24, 2.45) is 0 Å². The number of hydrogen-bond donors (Lipinski definition) is 1. The molecule has 2 aromatic carbocycles. The summed E-state index contributed by atoms with van der Waals surface area (Å²) < 4.78 is 0. The molecule has 0 bridgehead atoms. The van der Waals surface area contributed by atoms with Gasteiger partial charge in [0.2, 0.25) is 0 Å². The highest BCUT2D eigenvalue weighted by atomic mass is 15.0. The Morgan fingerprint density at radius 2 is 1.82 bits per heavy atom. The van der Waals surface area contributed by atoms with Crippen molar-refractivity contribution in [1.29, 1.82) is 0 Å². The van der Waals surface area contributed by atoms with E-state index in [-0.39, 0.29) is 0 Å². The topological polar surface area (TPSA) is 29.3 Å². The molecule has 1 radical (unpaired) electrons. The first-order valence-electron chi connectivity index (χ1n) is 5.66. The van der Waals surface area contributed by atoms with Gasteiger partial charge in [0.05, 0.1) is 0 Å². The van der Waals surface area contributed by atoms with Gasteiger partial charge in [-0.05, 0) is 37.4 Å². The molecule has 0 saturated carbocycles. The summed E-state index contributed by atoms with van der Waals surface area (Å²) in [7, 11) is 4.14. The fourth-order valence-corrected chi connectivity index (χ4v) is 1.86. The van der Waals surface area contributed by atoms with E-state index in [4.69, 9.17) is 5.73 Å². The first-order valence-corrected chi connectivity index (χ1v) is 5.66. The average Bonchev–Trinajstić information content (AvgIpc) is 2.30. The van der Waals surface area contributed by atoms with Crippen LogP contribution in [-0.4, -0.2) is 19.0 Å². The molecule has 0 aliphatic heterocycles. The van der Waals surface area contributed by atoms with Crippen LogP contribution in [0.1, 0.15) is 5.56 Å². The Bertz CT molecular complexity index is 487. The lowest BCUT2D eigenvalue weighted by Crippen LogP contribution is -2.10. The second-order valence-corrected chi connectivity index (χ2v) is 4.45. The van der Waals surface area contributed by atoms with Gasteiger partial charge in [-0.15, -0.1) is 0 Å². The van der Waals surface area contributed by atoms with Crippen molar-refractivity contribution in [2.75, 3.05) is 19.8 Å². The normalized spacial score (nSPS) is 10.8. The summed E-state index contributed by atoms with van der Waals surface area (Å²) >= 11 is 0. The summed E-state index contributed by atoms with van der Waals surface area (Å²) in [4.78, 5) is 2.15. The van der Waals surface area contributed by atoms with Gasteiger partial charge in [0, 0.05) is 17.8 Å². The second kappa shape index (κ2) is 5.02. The third-order valence-electron chi connectivity index (χ3n) is 2.66. The first kappa shape index (κ1) is 11.7. The van der Waals surface area contributed by atoms with Crippen molar-refractivity contribution in [1.82, 2.24) is 4.90 Å². The summed E-state index contributed by atoms with van der Waals surface area (Å²) in [6.07, 6.45) is 0. The van der Waals surface area contributed by atoms with E-state index < -0.39 is 0 Å². The maximum absolute atomic E-state index is 5.93. The number of nitrogens with zero attached hydrogens (tertiary/aromatic N) is 1. The molecule has 0 heterocycles. The van der Waals surface area contributed by atoms with E-state index in [0.29, 0.717) is 0 Å². The van der Waals surface area contributed by atoms with Gasteiger partial charge in [-0.2, -0.15) is 0 Å².